The summed E-state index contributed by atoms with van der Waals surface area (Å²) in [6.45, 7) is 0. The maximum absolute atomic E-state index is 5.22. The topological polar surface area (TPSA) is 38.7 Å². The number of hydrogen-bond acceptors (Lipinski definition) is 5. The summed E-state index contributed by atoms with van der Waals surface area (Å²) >= 11 is 3.65. The van der Waals surface area contributed by atoms with Crippen LogP contribution in [0.25, 0.3) is 96.8 Å². The molecule has 0 amide bonds. The fraction of sp³-hybridized carbons (Fsp3) is 0. The summed E-state index contributed by atoms with van der Waals surface area (Å²) in [6, 6.07) is 57.9. The molecule has 0 atom stereocenters. The van der Waals surface area contributed by atoms with Crippen LogP contribution in [0.3, 0.4) is 0 Å². The number of benzene rings is 7. The number of nitrogens with zero attached hydrogens (tertiary/aromatic N) is 3. The molecule has 0 saturated carbocycles. The highest BCUT2D eigenvalue weighted by atomic mass is 32.1. The third-order valence-electron chi connectivity index (χ3n) is 9.33. The number of aromatic nitrogens is 3. The smallest absolute Gasteiger partial charge is 0.164 e. The highest BCUT2D eigenvalue weighted by molar-refractivity contribution is 7.26. The summed E-state index contributed by atoms with van der Waals surface area (Å²) in [7, 11) is 0. The second kappa shape index (κ2) is 11.8. The van der Waals surface area contributed by atoms with Gasteiger partial charge in [0.2, 0.25) is 0 Å². The van der Waals surface area contributed by atoms with Crippen molar-refractivity contribution >= 4 is 63.0 Å². The zero-order chi connectivity index (χ0) is 33.0. The molecule has 3 aromatic heterocycles. The molecule has 0 radical (unpaired) electrons. The van der Waals surface area contributed by atoms with Crippen LogP contribution in [0.1, 0.15) is 0 Å². The Morgan fingerprint density at radius 1 is 0.320 bits per heavy atom. The normalized spacial score (nSPS) is 11.6. The molecule has 0 unspecified atom stereocenters. The van der Waals surface area contributed by atoms with Crippen LogP contribution >= 0.6 is 22.7 Å². The van der Waals surface area contributed by atoms with E-state index in [-0.39, 0.29) is 0 Å². The zero-order valence-corrected chi connectivity index (χ0v) is 28.4. The van der Waals surface area contributed by atoms with Crippen LogP contribution in [0.5, 0.6) is 0 Å². The Morgan fingerprint density at radius 3 is 1.70 bits per heavy atom. The minimum absolute atomic E-state index is 0.661. The number of rotatable bonds is 5. The lowest BCUT2D eigenvalue weighted by Crippen LogP contribution is -2.00. The molecule has 50 heavy (non-hydrogen) atoms. The van der Waals surface area contributed by atoms with Crippen LogP contribution in [0.15, 0.2) is 164 Å². The largest absolute Gasteiger partial charge is 0.208 e. The predicted molar refractivity (Wildman–Crippen MR) is 213 cm³/mol. The van der Waals surface area contributed by atoms with Gasteiger partial charge in [-0.25, -0.2) is 15.0 Å². The van der Waals surface area contributed by atoms with Crippen molar-refractivity contribution < 1.29 is 0 Å². The quantitative estimate of drug-likeness (QED) is 0.182. The Kier molecular flexibility index (Phi) is 6.86. The lowest BCUT2D eigenvalue weighted by atomic mass is 9.96. The van der Waals surface area contributed by atoms with E-state index in [4.69, 9.17) is 15.0 Å². The predicted octanol–water partition coefficient (Wildman–Crippen LogP) is 12.9. The first kappa shape index (κ1) is 29.0. The molecule has 0 bridgehead atoms. The fourth-order valence-electron chi connectivity index (χ4n) is 6.95. The standard InChI is InChI=1S/C45H27N3S2/c1-4-13-28(14-5-1)32-26-35(29-15-6-2-7-16-29)42-37(27-32)36-25-31(23-24-39(36)50-42)44-46-43(30-17-8-3-9-18-30)47-45(48-44)34-20-12-22-40-41(34)33-19-10-11-21-38(33)49-40/h1-27H. The Morgan fingerprint density at radius 2 is 0.920 bits per heavy atom. The van der Waals surface area contributed by atoms with Gasteiger partial charge in [-0.2, -0.15) is 0 Å². The van der Waals surface area contributed by atoms with Gasteiger partial charge in [0.1, 0.15) is 0 Å². The molecule has 0 fully saturated rings. The second-order valence-electron chi connectivity index (χ2n) is 12.4. The van der Waals surface area contributed by atoms with Gasteiger partial charge in [0.05, 0.1) is 0 Å². The molecule has 0 N–H and O–H groups in total. The van der Waals surface area contributed by atoms with Gasteiger partial charge in [-0.05, 0) is 59.2 Å². The molecule has 3 heterocycles. The zero-order valence-electron chi connectivity index (χ0n) is 26.7. The molecule has 10 aromatic rings. The average Bonchev–Trinajstić information content (AvgIpc) is 3.76. The van der Waals surface area contributed by atoms with Gasteiger partial charge in [0, 0.05) is 62.6 Å². The summed E-state index contributed by atoms with van der Waals surface area (Å²) in [4.78, 5) is 15.5. The first-order chi connectivity index (χ1) is 24.8. The van der Waals surface area contributed by atoms with Gasteiger partial charge in [-0.1, -0.05) is 121 Å². The van der Waals surface area contributed by atoms with E-state index in [2.05, 4.69) is 146 Å². The molecule has 0 aliphatic heterocycles. The lowest BCUT2D eigenvalue weighted by Gasteiger charge is -2.10. The summed E-state index contributed by atoms with van der Waals surface area (Å²) in [5.41, 5.74) is 7.80. The second-order valence-corrected chi connectivity index (χ2v) is 14.5. The summed E-state index contributed by atoms with van der Waals surface area (Å²) in [5, 5.41) is 4.84. The van der Waals surface area contributed by atoms with Crippen LogP contribution in [0.2, 0.25) is 0 Å². The number of fused-ring (bicyclic) bond motifs is 6. The molecule has 234 valence electrons. The average molecular weight is 674 g/mol. The van der Waals surface area contributed by atoms with Gasteiger partial charge >= 0.3 is 0 Å². The molecule has 0 aliphatic rings. The molecular weight excluding hydrogens is 647 g/mol. The fourth-order valence-corrected chi connectivity index (χ4v) is 9.28. The minimum Gasteiger partial charge on any atom is -0.208 e. The van der Waals surface area contributed by atoms with E-state index < -0.39 is 0 Å². The van der Waals surface area contributed by atoms with Gasteiger partial charge < -0.3 is 0 Å². The van der Waals surface area contributed by atoms with Crippen molar-refractivity contribution in [2.24, 2.45) is 0 Å². The van der Waals surface area contributed by atoms with Crippen LogP contribution in [0.4, 0.5) is 0 Å². The Balaban J connectivity index is 1.21. The van der Waals surface area contributed by atoms with Crippen molar-refractivity contribution in [2.75, 3.05) is 0 Å². The van der Waals surface area contributed by atoms with E-state index in [1.165, 1.54) is 62.6 Å². The molecule has 0 saturated heterocycles. The summed E-state index contributed by atoms with van der Waals surface area (Å²) in [6.07, 6.45) is 0. The highest BCUT2D eigenvalue weighted by Gasteiger charge is 2.19. The van der Waals surface area contributed by atoms with Crippen LogP contribution in [-0.2, 0) is 0 Å². The monoisotopic (exact) mass is 673 g/mol. The molecular formula is C45H27N3S2. The van der Waals surface area contributed by atoms with Crippen molar-refractivity contribution in [2.45, 2.75) is 0 Å². The van der Waals surface area contributed by atoms with Crippen molar-refractivity contribution in [3.8, 4) is 56.4 Å². The van der Waals surface area contributed by atoms with Gasteiger partial charge in [0.15, 0.2) is 17.5 Å². The van der Waals surface area contributed by atoms with Gasteiger partial charge in [-0.3, -0.25) is 0 Å². The first-order valence-corrected chi connectivity index (χ1v) is 18.2. The van der Waals surface area contributed by atoms with Crippen molar-refractivity contribution in [1.29, 1.82) is 0 Å². The molecule has 3 nitrogen and oxygen atoms in total. The van der Waals surface area contributed by atoms with Gasteiger partial charge in [-0.15, -0.1) is 22.7 Å². The minimum atomic E-state index is 0.661. The number of hydrogen-bond donors (Lipinski definition) is 0. The van der Waals surface area contributed by atoms with E-state index in [0.717, 1.165) is 16.7 Å². The molecule has 0 aliphatic carbocycles. The van der Waals surface area contributed by atoms with E-state index >= 15 is 0 Å². The van der Waals surface area contributed by atoms with E-state index in [0.29, 0.717) is 17.5 Å². The Bertz CT molecular complexity index is 2860. The maximum atomic E-state index is 5.22. The van der Waals surface area contributed by atoms with E-state index in [1.807, 2.05) is 29.5 Å². The van der Waals surface area contributed by atoms with Crippen LogP contribution in [0, 0.1) is 0 Å². The maximum Gasteiger partial charge on any atom is 0.164 e. The van der Waals surface area contributed by atoms with E-state index in [1.54, 1.807) is 11.3 Å². The Labute approximate surface area is 296 Å². The number of thiophene rings is 2. The van der Waals surface area contributed by atoms with Crippen molar-refractivity contribution in [3.63, 3.8) is 0 Å². The first-order valence-electron chi connectivity index (χ1n) is 16.6. The Hall–Kier alpha value is -6.01. The summed E-state index contributed by atoms with van der Waals surface area (Å²) < 4.78 is 4.99. The highest BCUT2D eigenvalue weighted by Crippen LogP contribution is 2.44. The molecule has 0 spiro atoms. The van der Waals surface area contributed by atoms with Gasteiger partial charge in [0.25, 0.3) is 0 Å². The SMILES string of the molecule is c1ccc(-c2cc(-c3ccccc3)c3sc4ccc(-c5nc(-c6ccccc6)nc(-c6cccc7sc8ccccc8c67)n5)cc4c3c2)cc1. The molecule has 10 rings (SSSR count). The third kappa shape index (κ3) is 4.90. The molecule has 7 aromatic carbocycles. The van der Waals surface area contributed by atoms with Crippen LogP contribution < -0.4 is 0 Å². The third-order valence-corrected chi connectivity index (χ3v) is 11.7. The molecule has 5 heteroatoms. The van der Waals surface area contributed by atoms with Crippen molar-refractivity contribution in [1.82, 2.24) is 15.0 Å². The van der Waals surface area contributed by atoms with Crippen LogP contribution in [-0.4, -0.2) is 15.0 Å². The van der Waals surface area contributed by atoms with E-state index in [9.17, 15) is 0 Å². The lowest BCUT2D eigenvalue weighted by molar-refractivity contribution is 1.08. The summed E-state index contributed by atoms with van der Waals surface area (Å²) in [5.74, 6) is 2.00. The van der Waals surface area contributed by atoms with Crippen molar-refractivity contribution in [3.05, 3.63) is 164 Å².